The molecule has 0 saturated heterocycles. The number of anilines is 1. The van der Waals surface area contributed by atoms with Crippen molar-refractivity contribution in [3.8, 4) is 5.75 Å². The van der Waals surface area contributed by atoms with Crippen molar-refractivity contribution in [1.82, 2.24) is 5.48 Å². The molecule has 31 heavy (non-hydrogen) atoms. The highest BCUT2D eigenvalue weighted by molar-refractivity contribution is 9.10. The van der Waals surface area contributed by atoms with Gasteiger partial charge >= 0.3 is 6.09 Å². The monoisotopic (exact) mass is 510 g/mol. The number of aromatic hydroxyl groups is 1. The van der Waals surface area contributed by atoms with Gasteiger partial charge in [0.05, 0.1) is 0 Å². The number of carbonyl (C=O) groups excluding carboxylic acids is 2. The molecule has 10 heteroatoms. The number of nitrogens with one attached hydrogen (secondary N) is 2. The van der Waals surface area contributed by atoms with Crippen LogP contribution in [0.3, 0.4) is 0 Å². The Labute approximate surface area is 192 Å². The van der Waals surface area contributed by atoms with Gasteiger partial charge in [-0.05, 0) is 61.7 Å². The number of rotatable bonds is 9. The zero-order valence-corrected chi connectivity index (χ0v) is 19.3. The van der Waals surface area contributed by atoms with Crippen molar-refractivity contribution in [2.24, 2.45) is 0 Å². The summed E-state index contributed by atoms with van der Waals surface area (Å²) in [7, 11) is 0. The van der Waals surface area contributed by atoms with Crippen LogP contribution < -0.4 is 10.8 Å². The zero-order valence-electron chi connectivity index (χ0n) is 16.9. The number of hydroxylamine groups is 1. The highest BCUT2D eigenvalue weighted by Crippen LogP contribution is 2.34. The number of phenolic OH excluding ortho intramolecular Hbond substituents is 1. The normalized spacial score (nSPS) is 12.9. The van der Waals surface area contributed by atoms with Gasteiger partial charge in [-0.25, -0.2) is 10.3 Å². The van der Waals surface area contributed by atoms with Crippen LogP contribution in [0.1, 0.15) is 18.6 Å². The van der Waals surface area contributed by atoms with Crippen LogP contribution in [0.15, 0.2) is 64.0 Å². The minimum absolute atomic E-state index is 0.116. The molecule has 0 bridgehead atoms. The number of phenols is 1. The summed E-state index contributed by atoms with van der Waals surface area (Å²) in [5.41, 5.74) is 2.29. The first-order chi connectivity index (χ1) is 14.9. The summed E-state index contributed by atoms with van der Waals surface area (Å²) < 4.78 is 11.9. The molecule has 8 nitrogen and oxygen atoms in total. The Morgan fingerprint density at radius 2 is 1.94 bits per heavy atom. The van der Waals surface area contributed by atoms with Crippen molar-refractivity contribution in [3.63, 3.8) is 0 Å². The van der Waals surface area contributed by atoms with Crippen LogP contribution in [0.25, 0.3) is 0 Å². The molecule has 0 aliphatic heterocycles. The van der Waals surface area contributed by atoms with E-state index in [0.29, 0.717) is 10.2 Å². The van der Waals surface area contributed by atoms with Crippen LogP contribution in [0, 0.1) is 0 Å². The van der Waals surface area contributed by atoms with E-state index in [2.05, 4.69) is 21.2 Å². The van der Waals surface area contributed by atoms with Crippen molar-refractivity contribution < 1.29 is 29.4 Å². The second kappa shape index (κ2) is 12.4. The summed E-state index contributed by atoms with van der Waals surface area (Å²) in [6, 6.07) is 11.9. The fourth-order valence-corrected chi connectivity index (χ4v) is 3.44. The fourth-order valence-electron chi connectivity index (χ4n) is 2.65. The van der Waals surface area contributed by atoms with E-state index in [1.807, 2.05) is 18.4 Å². The summed E-state index contributed by atoms with van der Waals surface area (Å²) in [6.07, 6.45) is 1.54. The number of thioether (sulfide) groups is 1. The Morgan fingerprint density at radius 1 is 1.23 bits per heavy atom. The summed E-state index contributed by atoms with van der Waals surface area (Å²) >= 11 is 4.91. The SMILES string of the molecule is CCO[C@H](/C=C/C(=O)NO)[C@H](OC(=O)Nc1ccc(SC)cc1)c1cc(Br)ccc1O. The van der Waals surface area contributed by atoms with Crippen molar-refractivity contribution in [2.45, 2.75) is 24.0 Å². The van der Waals surface area contributed by atoms with Crippen molar-refractivity contribution in [3.05, 3.63) is 64.7 Å². The number of halogens is 1. The number of hydrogen-bond acceptors (Lipinski definition) is 7. The third kappa shape index (κ3) is 7.59. The van der Waals surface area contributed by atoms with E-state index >= 15 is 0 Å². The molecule has 2 aromatic carbocycles. The molecule has 0 spiro atoms. The molecule has 0 saturated carbocycles. The highest BCUT2D eigenvalue weighted by Gasteiger charge is 2.29. The van der Waals surface area contributed by atoms with Gasteiger partial charge in [-0.15, -0.1) is 11.8 Å². The Balaban J connectivity index is 2.32. The Morgan fingerprint density at radius 3 is 2.55 bits per heavy atom. The molecule has 4 N–H and O–H groups in total. The first-order valence-electron chi connectivity index (χ1n) is 9.21. The standard InChI is InChI=1S/C21H23BrN2O6S/c1-3-29-18(10-11-19(26)24-28)20(16-12-13(22)4-9-17(16)25)30-21(27)23-14-5-7-15(31-2)8-6-14/h4-12,18,20,25,28H,3H2,1-2H3,(H,23,27)(H,24,26)/b11-10+/t18-,20-/m1/s1. The molecule has 0 heterocycles. The summed E-state index contributed by atoms with van der Waals surface area (Å²) in [5.74, 6) is -0.893. The zero-order chi connectivity index (χ0) is 22.8. The lowest BCUT2D eigenvalue weighted by Gasteiger charge is -2.26. The van der Waals surface area contributed by atoms with Crippen LogP contribution in [0.2, 0.25) is 0 Å². The summed E-state index contributed by atoms with van der Waals surface area (Å²) in [4.78, 5) is 25.1. The van der Waals surface area contributed by atoms with Gasteiger partial charge in [-0.3, -0.25) is 15.3 Å². The molecule has 0 aromatic heterocycles. The Hall–Kier alpha value is -2.53. The molecule has 166 valence electrons. The van der Waals surface area contributed by atoms with E-state index in [1.165, 1.54) is 17.6 Å². The average molecular weight is 511 g/mol. The predicted octanol–water partition coefficient (Wildman–Crippen LogP) is 4.63. The third-order valence-electron chi connectivity index (χ3n) is 4.07. The highest BCUT2D eigenvalue weighted by atomic mass is 79.9. The molecule has 2 amide bonds. The average Bonchev–Trinajstić information content (AvgIpc) is 2.77. The van der Waals surface area contributed by atoms with E-state index in [4.69, 9.17) is 14.7 Å². The molecule has 0 fully saturated rings. The first-order valence-corrected chi connectivity index (χ1v) is 11.2. The molecule has 2 atom stereocenters. The Kier molecular flexibility index (Phi) is 9.86. The van der Waals surface area contributed by atoms with Crippen molar-refractivity contribution in [1.29, 1.82) is 0 Å². The topological polar surface area (TPSA) is 117 Å². The van der Waals surface area contributed by atoms with Gasteiger partial charge in [0.15, 0.2) is 6.10 Å². The van der Waals surface area contributed by atoms with Crippen molar-refractivity contribution in [2.75, 3.05) is 18.2 Å². The minimum Gasteiger partial charge on any atom is -0.508 e. The van der Waals surface area contributed by atoms with Crippen LogP contribution in [-0.4, -0.2) is 41.3 Å². The molecule has 2 aromatic rings. The van der Waals surface area contributed by atoms with Gasteiger partial charge in [0.1, 0.15) is 11.9 Å². The van der Waals surface area contributed by atoms with Gasteiger partial charge in [0.25, 0.3) is 5.91 Å². The number of hydrogen-bond donors (Lipinski definition) is 4. The van der Waals surface area contributed by atoms with Gasteiger partial charge in [-0.1, -0.05) is 15.9 Å². The van der Waals surface area contributed by atoms with E-state index in [0.717, 1.165) is 11.0 Å². The summed E-state index contributed by atoms with van der Waals surface area (Å²) in [5, 5.41) is 21.7. The molecule has 2 rings (SSSR count). The maximum Gasteiger partial charge on any atom is 0.412 e. The molecular weight excluding hydrogens is 488 g/mol. The van der Waals surface area contributed by atoms with Crippen LogP contribution >= 0.6 is 27.7 Å². The lowest BCUT2D eigenvalue weighted by Crippen LogP contribution is -2.28. The van der Waals surface area contributed by atoms with Gasteiger partial charge in [-0.2, -0.15) is 0 Å². The number of amides is 2. The molecular formula is C21H23BrN2O6S. The van der Waals surface area contributed by atoms with Crippen LogP contribution in [-0.2, 0) is 14.3 Å². The number of ether oxygens (including phenoxy) is 2. The van der Waals surface area contributed by atoms with E-state index in [9.17, 15) is 14.7 Å². The largest absolute Gasteiger partial charge is 0.508 e. The number of carbonyl (C=O) groups is 2. The van der Waals surface area contributed by atoms with Gasteiger partial charge < -0.3 is 14.6 Å². The minimum atomic E-state index is -1.09. The fraction of sp³-hybridized carbons (Fsp3) is 0.238. The quantitative estimate of drug-likeness (QED) is 0.168. The lowest BCUT2D eigenvalue weighted by molar-refractivity contribution is -0.124. The summed E-state index contributed by atoms with van der Waals surface area (Å²) in [6.45, 7) is 1.97. The third-order valence-corrected chi connectivity index (χ3v) is 5.31. The second-order valence-corrected chi connectivity index (χ2v) is 7.93. The van der Waals surface area contributed by atoms with E-state index in [-0.39, 0.29) is 17.9 Å². The smallest absolute Gasteiger partial charge is 0.412 e. The Bertz CT molecular complexity index is 923. The molecule has 0 unspecified atom stereocenters. The van der Waals surface area contributed by atoms with Crippen molar-refractivity contribution >= 4 is 45.4 Å². The molecule has 0 aliphatic carbocycles. The maximum absolute atomic E-state index is 12.6. The molecule has 0 aliphatic rings. The number of benzene rings is 2. The van der Waals surface area contributed by atoms with Gasteiger partial charge in [0.2, 0.25) is 0 Å². The van der Waals surface area contributed by atoms with E-state index in [1.54, 1.807) is 43.0 Å². The predicted molar refractivity (Wildman–Crippen MR) is 121 cm³/mol. The second-order valence-electron chi connectivity index (χ2n) is 6.14. The van der Waals surface area contributed by atoms with Gasteiger partial charge in [0, 0.05) is 33.3 Å². The van der Waals surface area contributed by atoms with E-state index < -0.39 is 24.2 Å². The first kappa shape index (κ1) is 24.7. The maximum atomic E-state index is 12.6. The van der Waals surface area contributed by atoms with Crippen LogP contribution in [0.5, 0.6) is 5.75 Å². The van der Waals surface area contributed by atoms with Crippen LogP contribution in [0.4, 0.5) is 10.5 Å². The molecule has 0 radical (unpaired) electrons. The lowest BCUT2D eigenvalue weighted by atomic mass is 10.0.